The quantitative estimate of drug-likeness (QED) is 0.232. The Bertz CT molecular complexity index is 1650. The molecule has 4 aromatic rings. The molecule has 2 heterocycles. The normalized spacial score (nSPS) is 12.9. The Kier molecular flexibility index (Phi) is 7.66. The summed E-state index contributed by atoms with van der Waals surface area (Å²) >= 11 is 0. The summed E-state index contributed by atoms with van der Waals surface area (Å²) in [6.45, 7) is 0.492. The number of aliphatic hydroxyl groups excluding tert-OH is 1. The lowest BCUT2D eigenvalue weighted by atomic mass is 9.96. The summed E-state index contributed by atoms with van der Waals surface area (Å²) in [4.78, 5) is 19.8. The molecule has 0 saturated heterocycles. The van der Waals surface area contributed by atoms with Crippen LogP contribution in [0.2, 0.25) is 0 Å². The van der Waals surface area contributed by atoms with Crippen molar-refractivity contribution in [2.24, 2.45) is 0 Å². The lowest BCUT2D eigenvalue weighted by Gasteiger charge is -2.19. The number of aromatic amines is 1. The van der Waals surface area contributed by atoms with E-state index in [2.05, 4.69) is 15.3 Å². The first-order valence-electron chi connectivity index (χ1n) is 11.6. The molecule has 0 aliphatic rings. The van der Waals surface area contributed by atoms with Gasteiger partial charge in [0.1, 0.15) is 11.5 Å². The van der Waals surface area contributed by atoms with Gasteiger partial charge in [-0.2, -0.15) is 13.2 Å². The number of amides is 1. The number of aliphatic hydroxyl groups is 1. The van der Waals surface area contributed by atoms with Crippen molar-refractivity contribution in [3.8, 4) is 11.3 Å². The van der Waals surface area contributed by atoms with E-state index in [9.17, 15) is 35.9 Å². The van der Waals surface area contributed by atoms with E-state index in [1.54, 1.807) is 30.5 Å². The molecule has 0 aliphatic heterocycles. The van der Waals surface area contributed by atoms with Gasteiger partial charge in [0.25, 0.3) is 0 Å². The highest BCUT2D eigenvalue weighted by Gasteiger charge is 2.34. The van der Waals surface area contributed by atoms with Gasteiger partial charge in [-0.3, -0.25) is 9.52 Å². The number of halogens is 4. The van der Waals surface area contributed by atoms with Gasteiger partial charge >= 0.3 is 6.18 Å². The zero-order valence-electron chi connectivity index (χ0n) is 20.7. The molecule has 0 aliphatic carbocycles. The summed E-state index contributed by atoms with van der Waals surface area (Å²) in [7, 11) is -3.71. The number of benzene rings is 2. The second-order valence-corrected chi connectivity index (χ2v) is 10.7. The number of hydrogen-bond acceptors (Lipinski definition) is 5. The molecule has 1 amide bonds. The van der Waals surface area contributed by atoms with Gasteiger partial charge in [0, 0.05) is 34.8 Å². The van der Waals surface area contributed by atoms with Crippen LogP contribution in [-0.2, 0) is 34.1 Å². The molecule has 0 bridgehead atoms. The maximum atomic E-state index is 14.4. The lowest BCUT2D eigenvalue weighted by Crippen LogP contribution is -2.28. The van der Waals surface area contributed by atoms with Crippen LogP contribution in [0.3, 0.4) is 0 Å². The molecule has 13 heteroatoms. The molecule has 4 N–H and O–H groups in total. The van der Waals surface area contributed by atoms with Crippen molar-refractivity contribution < 1.29 is 35.9 Å². The minimum atomic E-state index is -4.77. The zero-order chi connectivity index (χ0) is 28.5. The van der Waals surface area contributed by atoms with Crippen molar-refractivity contribution in [1.82, 2.24) is 15.3 Å². The number of nitrogens with zero attached hydrogens (tertiary/aromatic N) is 1. The third-order valence-corrected chi connectivity index (χ3v) is 6.74. The number of carbonyl (C=O) groups excluding carboxylic acids is 1. The fourth-order valence-electron chi connectivity index (χ4n) is 4.19. The Morgan fingerprint density at radius 3 is 2.54 bits per heavy atom. The molecule has 1 atom stereocenters. The SMILES string of the molecule is CC(C(=O)NCc1c(CO)cc(C(F)(F)F)nc1-c1cccc2[nH]ccc12)c1ccc(NS(C)(=O)=O)c(F)c1. The molecule has 0 radical (unpaired) electrons. The van der Waals surface area contributed by atoms with Crippen LogP contribution in [0.25, 0.3) is 22.2 Å². The van der Waals surface area contributed by atoms with Crippen molar-refractivity contribution in [1.29, 1.82) is 0 Å². The average molecular weight is 565 g/mol. The van der Waals surface area contributed by atoms with Crippen molar-refractivity contribution >= 4 is 32.5 Å². The van der Waals surface area contributed by atoms with Crippen LogP contribution in [0, 0.1) is 5.82 Å². The zero-order valence-corrected chi connectivity index (χ0v) is 21.5. The third-order valence-electron chi connectivity index (χ3n) is 6.15. The van der Waals surface area contributed by atoms with Gasteiger partial charge < -0.3 is 15.4 Å². The minimum Gasteiger partial charge on any atom is -0.392 e. The molecule has 1 unspecified atom stereocenters. The summed E-state index contributed by atoms with van der Waals surface area (Å²) in [5.74, 6) is -2.36. The summed E-state index contributed by atoms with van der Waals surface area (Å²) in [5.41, 5.74) is -0.0894. The van der Waals surface area contributed by atoms with Crippen LogP contribution < -0.4 is 10.0 Å². The molecule has 0 spiro atoms. The van der Waals surface area contributed by atoms with Gasteiger partial charge in [-0.1, -0.05) is 18.2 Å². The van der Waals surface area contributed by atoms with Crippen LogP contribution in [0.5, 0.6) is 0 Å². The van der Waals surface area contributed by atoms with E-state index in [0.29, 0.717) is 16.5 Å². The van der Waals surface area contributed by atoms with E-state index in [-0.39, 0.29) is 34.6 Å². The number of pyridine rings is 1. The number of sulfonamides is 1. The first kappa shape index (κ1) is 28.0. The average Bonchev–Trinajstić information content (AvgIpc) is 3.35. The van der Waals surface area contributed by atoms with Crippen molar-refractivity contribution in [3.05, 3.63) is 82.9 Å². The van der Waals surface area contributed by atoms with E-state index >= 15 is 0 Å². The largest absolute Gasteiger partial charge is 0.433 e. The monoisotopic (exact) mass is 564 g/mol. The molecule has 0 saturated carbocycles. The predicted octanol–water partition coefficient (Wildman–Crippen LogP) is 4.67. The number of aromatic nitrogens is 2. The molecule has 4 rings (SSSR count). The topological polar surface area (TPSA) is 124 Å². The summed E-state index contributed by atoms with van der Waals surface area (Å²) in [6, 6.07) is 11.0. The van der Waals surface area contributed by atoms with Gasteiger partial charge in [0.15, 0.2) is 0 Å². The number of anilines is 1. The molecular weight excluding hydrogens is 540 g/mol. The Balaban J connectivity index is 1.67. The highest BCUT2D eigenvalue weighted by Crippen LogP contribution is 2.36. The van der Waals surface area contributed by atoms with Gasteiger partial charge in [0.2, 0.25) is 15.9 Å². The fraction of sp³-hybridized carbons (Fsp3) is 0.231. The Morgan fingerprint density at radius 1 is 1.15 bits per heavy atom. The smallest absolute Gasteiger partial charge is 0.392 e. The lowest BCUT2D eigenvalue weighted by molar-refractivity contribution is -0.141. The van der Waals surface area contributed by atoms with Crippen LogP contribution >= 0.6 is 0 Å². The Labute approximate surface area is 221 Å². The third kappa shape index (κ3) is 6.20. The molecule has 2 aromatic carbocycles. The second-order valence-electron chi connectivity index (χ2n) is 8.95. The number of fused-ring (bicyclic) bond motifs is 1. The van der Waals surface area contributed by atoms with Gasteiger partial charge in [-0.15, -0.1) is 0 Å². The predicted molar refractivity (Wildman–Crippen MR) is 138 cm³/mol. The molecule has 206 valence electrons. The standard InChI is InChI=1S/C26H24F4N4O4S/c1-14(15-6-7-22(20(27)10-15)34-39(2,37)38)25(36)32-12-19-16(13-35)11-23(26(28,29)30)33-24(19)18-4-3-5-21-17(18)8-9-31-21/h3-11,14,31,34-35H,12-13H2,1-2H3,(H,32,36). The highest BCUT2D eigenvalue weighted by molar-refractivity contribution is 7.92. The molecular formula is C26H24F4N4O4S. The van der Waals surface area contributed by atoms with Gasteiger partial charge in [-0.25, -0.2) is 17.8 Å². The number of nitrogens with one attached hydrogen (secondary N) is 3. The van der Waals surface area contributed by atoms with Crippen LogP contribution in [0.15, 0.2) is 54.7 Å². The molecule has 39 heavy (non-hydrogen) atoms. The number of carbonyl (C=O) groups is 1. The van der Waals surface area contributed by atoms with E-state index in [0.717, 1.165) is 18.4 Å². The number of H-pyrrole nitrogens is 1. The number of alkyl halides is 3. The molecule has 8 nitrogen and oxygen atoms in total. The highest BCUT2D eigenvalue weighted by atomic mass is 32.2. The van der Waals surface area contributed by atoms with Crippen LogP contribution in [-0.4, -0.2) is 35.7 Å². The molecule has 2 aromatic heterocycles. The Hall–Kier alpha value is -3.97. The number of hydrogen-bond donors (Lipinski definition) is 4. The van der Waals surface area contributed by atoms with Gasteiger partial charge in [0.05, 0.1) is 30.2 Å². The number of rotatable bonds is 8. The second kappa shape index (κ2) is 10.7. The van der Waals surface area contributed by atoms with E-state index in [4.69, 9.17) is 0 Å². The fourth-order valence-corrected chi connectivity index (χ4v) is 4.75. The first-order valence-corrected chi connectivity index (χ1v) is 13.5. The maximum absolute atomic E-state index is 14.4. The van der Waals surface area contributed by atoms with Crippen LogP contribution in [0.1, 0.15) is 35.2 Å². The Morgan fingerprint density at radius 2 is 1.90 bits per heavy atom. The van der Waals surface area contributed by atoms with Gasteiger partial charge in [-0.05, 0) is 48.4 Å². The van der Waals surface area contributed by atoms with E-state index in [1.807, 2.05) is 4.72 Å². The summed E-state index contributed by atoms with van der Waals surface area (Å²) < 4.78 is 80.2. The van der Waals surface area contributed by atoms with Crippen molar-refractivity contribution in [2.45, 2.75) is 32.2 Å². The minimum absolute atomic E-state index is 0.0470. The summed E-state index contributed by atoms with van der Waals surface area (Å²) in [5, 5.41) is 13.2. The molecule has 0 fully saturated rings. The van der Waals surface area contributed by atoms with Crippen molar-refractivity contribution in [3.63, 3.8) is 0 Å². The van der Waals surface area contributed by atoms with Crippen molar-refractivity contribution in [2.75, 3.05) is 11.0 Å². The van der Waals surface area contributed by atoms with E-state index in [1.165, 1.54) is 19.1 Å². The van der Waals surface area contributed by atoms with Crippen LogP contribution in [0.4, 0.5) is 23.2 Å². The van der Waals surface area contributed by atoms with E-state index < -0.39 is 46.1 Å². The maximum Gasteiger partial charge on any atom is 0.433 e. The first-order chi connectivity index (χ1) is 18.3. The summed E-state index contributed by atoms with van der Waals surface area (Å²) in [6.07, 6.45) is -2.27.